The van der Waals surface area contributed by atoms with Crippen LogP contribution in [0.3, 0.4) is 0 Å². The third kappa shape index (κ3) is 1.89. The molecule has 0 fully saturated rings. The molecule has 0 saturated heterocycles. The zero-order chi connectivity index (χ0) is 11.5. The van der Waals surface area contributed by atoms with E-state index in [9.17, 15) is 0 Å². The van der Waals surface area contributed by atoms with Crippen molar-refractivity contribution in [2.75, 3.05) is 14.2 Å². The topological polar surface area (TPSA) is 23.4 Å². The van der Waals surface area contributed by atoms with Gasteiger partial charge in [-0.3, -0.25) is 0 Å². The van der Waals surface area contributed by atoms with Crippen molar-refractivity contribution >= 4 is 0 Å². The lowest BCUT2D eigenvalue weighted by Gasteiger charge is -2.09. The highest BCUT2D eigenvalue weighted by atomic mass is 16.5. The van der Waals surface area contributed by atoms with Crippen molar-refractivity contribution in [2.24, 2.45) is 7.05 Å². The molecule has 1 aromatic heterocycles. The highest BCUT2D eigenvalue weighted by Gasteiger charge is 2.06. The Hall–Kier alpha value is -1.90. The maximum absolute atomic E-state index is 5.25. The summed E-state index contributed by atoms with van der Waals surface area (Å²) in [6.07, 6.45) is 2.02. The summed E-state index contributed by atoms with van der Waals surface area (Å²) in [4.78, 5) is 0. The fraction of sp³-hybridized carbons (Fsp3) is 0.231. The molecule has 1 aromatic carbocycles. The average molecular weight is 217 g/mol. The predicted molar refractivity (Wildman–Crippen MR) is 64.0 cm³/mol. The van der Waals surface area contributed by atoms with Crippen LogP contribution in [0.25, 0.3) is 11.3 Å². The third-order valence-electron chi connectivity index (χ3n) is 2.59. The van der Waals surface area contributed by atoms with Crippen LogP contribution in [-0.4, -0.2) is 18.8 Å². The monoisotopic (exact) mass is 217 g/mol. The minimum atomic E-state index is 0.801. The van der Waals surface area contributed by atoms with Gasteiger partial charge >= 0.3 is 0 Å². The summed E-state index contributed by atoms with van der Waals surface area (Å²) in [5, 5.41) is 0. The molecule has 0 N–H and O–H groups in total. The maximum atomic E-state index is 5.25. The first kappa shape index (κ1) is 10.6. The molecule has 0 spiro atoms. The van der Waals surface area contributed by atoms with Crippen LogP contribution in [0.4, 0.5) is 0 Å². The third-order valence-corrected chi connectivity index (χ3v) is 2.59. The minimum absolute atomic E-state index is 0.801. The van der Waals surface area contributed by atoms with Gasteiger partial charge in [-0.25, -0.2) is 0 Å². The van der Waals surface area contributed by atoms with Gasteiger partial charge in [0.15, 0.2) is 0 Å². The largest absolute Gasteiger partial charge is 0.497 e. The van der Waals surface area contributed by atoms with Crippen LogP contribution < -0.4 is 9.47 Å². The molecule has 0 bridgehead atoms. The first-order chi connectivity index (χ1) is 7.74. The molecule has 2 rings (SSSR count). The Labute approximate surface area is 95.2 Å². The van der Waals surface area contributed by atoms with E-state index in [2.05, 4.69) is 10.6 Å². The number of hydrogen-bond donors (Lipinski definition) is 0. The van der Waals surface area contributed by atoms with Gasteiger partial charge in [-0.15, -0.1) is 0 Å². The minimum Gasteiger partial charge on any atom is -0.497 e. The smallest absolute Gasteiger partial charge is 0.123 e. The van der Waals surface area contributed by atoms with E-state index in [1.54, 1.807) is 14.2 Å². The zero-order valence-electron chi connectivity index (χ0n) is 9.73. The molecule has 0 aliphatic carbocycles. The number of ether oxygens (including phenoxy) is 2. The van der Waals surface area contributed by atoms with Crippen LogP contribution in [0, 0.1) is 0 Å². The van der Waals surface area contributed by atoms with E-state index in [0.717, 1.165) is 22.8 Å². The number of rotatable bonds is 3. The summed E-state index contributed by atoms with van der Waals surface area (Å²) in [7, 11) is 5.33. The van der Waals surface area contributed by atoms with Crippen LogP contribution >= 0.6 is 0 Å². The normalized spacial score (nSPS) is 10.2. The summed E-state index contributed by atoms with van der Waals surface area (Å²) < 4.78 is 12.6. The van der Waals surface area contributed by atoms with Gasteiger partial charge in [0, 0.05) is 30.6 Å². The summed E-state index contributed by atoms with van der Waals surface area (Å²) >= 11 is 0. The second-order valence-corrected chi connectivity index (χ2v) is 3.61. The Morgan fingerprint density at radius 1 is 1.00 bits per heavy atom. The molecule has 3 nitrogen and oxygen atoms in total. The van der Waals surface area contributed by atoms with Gasteiger partial charge in [0.05, 0.1) is 14.2 Å². The second-order valence-electron chi connectivity index (χ2n) is 3.61. The van der Waals surface area contributed by atoms with Crippen LogP contribution in [0.15, 0.2) is 36.5 Å². The molecule has 0 aliphatic rings. The Morgan fingerprint density at radius 3 is 2.06 bits per heavy atom. The second kappa shape index (κ2) is 4.31. The fourth-order valence-corrected chi connectivity index (χ4v) is 1.72. The number of aryl methyl sites for hydroxylation is 1. The Balaban J connectivity index is 2.52. The van der Waals surface area contributed by atoms with E-state index in [1.165, 1.54) is 0 Å². The molecule has 84 valence electrons. The van der Waals surface area contributed by atoms with E-state index in [4.69, 9.17) is 9.47 Å². The van der Waals surface area contributed by atoms with Crippen molar-refractivity contribution in [3.63, 3.8) is 0 Å². The number of methoxy groups -OCH3 is 2. The fourth-order valence-electron chi connectivity index (χ4n) is 1.72. The SMILES string of the molecule is COc1cc(OC)cc(-c2cccn2C)c1. The number of nitrogens with zero attached hydrogens (tertiary/aromatic N) is 1. The molecule has 0 unspecified atom stereocenters. The van der Waals surface area contributed by atoms with Gasteiger partial charge in [-0.1, -0.05) is 0 Å². The van der Waals surface area contributed by atoms with Crippen molar-refractivity contribution in [1.29, 1.82) is 0 Å². The molecule has 0 saturated carbocycles. The first-order valence-electron chi connectivity index (χ1n) is 5.09. The van der Waals surface area contributed by atoms with E-state index in [-0.39, 0.29) is 0 Å². The lowest BCUT2D eigenvalue weighted by molar-refractivity contribution is 0.394. The molecule has 0 aliphatic heterocycles. The van der Waals surface area contributed by atoms with E-state index in [1.807, 2.05) is 37.5 Å². The summed E-state index contributed by atoms with van der Waals surface area (Å²) in [6.45, 7) is 0. The molecule has 0 amide bonds. The highest BCUT2D eigenvalue weighted by Crippen LogP contribution is 2.29. The molecule has 1 heterocycles. The summed E-state index contributed by atoms with van der Waals surface area (Å²) in [5.41, 5.74) is 2.22. The molecular formula is C13H15NO2. The quantitative estimate of drug-likeness (QED) is 0.789. The summed E-state index contributed by atoms with van der Waals surface area (Å²) in [6, 6.07) is 9.94. The van der Waals surface area contributed by atoms with E-state index < -0.39 is 0 Å². The Bertz CT molecular complexity index is 466. The molecule has 0 atom stereocenters. The first-order valence-corrected chi connectivity index (χ1v) is 5.09. The zero-order valence-corrected chi connectivity index (χ0v) is 9.73. The molecule has 3 heteroatoms. The van der Waals surface area contributed by atoms with Crippen LogP contribution in [-0.2, 0) is 7.05 Å². The molecule has 0 radical (unpaired) electrons. The van der Waals surface area contributed by atoms with Gasteiger partial charge in [-0.05, 0) is 24.3 Å². The Morgan fingerprint density at radius 2 is 1.62 bits per heavy atom. The van der Waals surface area contributed by atoms with Crippen LogP contribution in [0.1, 0.15) is 0 Å². The van der Waals surface area contributed by atoms with Gasteiger partial charge in [0.2, 0.25) is 0 Å². The van der Waals surface area contributed by atoms with Crippen molar-refractivity contribution in [2.45, 2.75) is 0 Å². The van der Waals surface area contributed by atoms with Crippen molar-refractivity contribution in [3.05, 3.63) is 36.5 Å². The summed E-state index contributed by atoms with van der Waals surface area (Å²) in [5.74, 6) is 1.60. The van der Waals surface area contributed by atoms with Crippen molar-refractivity contribution in [1.82, 2.24) is 4.57 Å². The van der Waals surface area contributed by atoms with Crippen LogP contribution in [0.5, 0.6) is 11.5 Å². The van der Waals surface area contributed by atoms with Gasteiger partial charge < -0.3 is 14.0 Å². The van der Waals surface area contributed by atoms with Gasteiger partial charge in [0.25, 0.3) is 0 Å². The highest BCUT2D eigenvalue weighted by molar-refractivity contribution is 5.64. The number of hydrogen-bond acceptors (Lipinski definition) is 2. The maximum Gasteiger partial charge on any atom is 0.123 e. The lowest BCUT2D eigenvalue weighted by atomic mass is 10.1. The standard InChI is InChI=1S/C13H15NO2/c1-14-6-4-5-13(14)10-7-11(15-2)9-12(8-10)16-3/h4-9H,1-3H3. The number of benzene rings is 1. The molecule has 16 heavy (non-hydrogen) atoms. The van der Waals surface area contributed by atoms with E-state index in [0.29, 0.717) is 0 Å². The lowest BCUT2D eigenvalue weighted by Crippen LogP contribution is -1.92. The van der Waals surface area contributed by atoms with Crippen molar-refractivity contribution < 1.29 is 9.47 Å². The Kier molecular flexibility index (Phi) is 2.86. The van der Waals surface area contributed by atoms with Gasteiger partial charge in [0.1, 0.15) is 11.5 Å². The molecular weight excluding hydrogens is 202 g/mol. The molecule has 2 aromatic rings. The average Bonchev–Trinajstić information content (AvgIpc) is 2.74. The number of aromatic nitrogens is 1. The van der Waals surface area contributed by atoms with E-state index >= 15 is 0 Å². The van der Waals surface area contributed by atoms with Gasteiger partial charge in [-0.2, -0.15) is 0 Å². The van der Waals surface area contributed by atoms with Crippen LogP contribution in [0.2, 0.25) is 0 Å². The predicted octanol–water partition coefficient (Wildman–Crippen LogP) is 2.71. The van der Waals surface area contributed by atoms with Crippen molar-refractivity contribution in [3.8, 4) is 22.8 Å².